The number of carbonyl (C=O) groups is 3. The minimum Gasteiger partial charge on any atom is -0.334 e. The second kappa shape index (κ2) is 8.14. The molecule has 2 fully saturated rings. The zero-order valence-electron chi connectivity index (χ0n) is 16.8. The lowest BCUT2D eigenvalue weighted by Crippen LogP contribution is -2.46. The minimum atomic E-state index is -0.866. The number of rotatable bonds is 7. The van der Waals surface area contributed by atoms with Crippen LogP contribution in [0, 0.1) is 5.92 Å². The lowest BCUT2D eigenvalue weighted by molar-refractivity contribution is -0.904. The van der Waals surface area contributed by atoms with Crippen molar-refractivity contribution in [1.82, 2.24) is 15.1 Å². The van der Waals surface area contributed by atoms with Crippen LogP contribution in [0.25, 0.3) is 0 Å². The summed E-state index contributed by atoms with van der Waals surface area (Å²) in [5, 5.41) is 12.0. The van der Waals surface area contributed by atoms with E-state index in [0.717, 1.165) is 28.0 Å². The summed E-state index contributed by atoms with van der Waals surface area (Å²) in [4.78, 5) is 41.2. The van der Waals surface area contributed by atoms with Crippen LogP contribution in [0.15, 0.2) is 54.9 Å². The molecule has 156 valence electrons. The zero-order chi connectivity index (χ0) is 21.3. The summed E-state index contributed by atoms with van der Waals surface area (Å²) in [6, 6.07) is 11.4. The van der Waals surface area contributed by atoms with Gasteiger partial charge in [0, 0.05) is 29.4 Å². The van der Waals surface area contributed by atoms with Crippen molar-refractivity contribution in [3.05, 3.63) is 66.0 Å². The molecule has 2 N–H and O–H groups in total. The van der Waals surface area contributed by atoms with Crippen LogP contribution in [-0.2, 0) is 16.1 Å². The third-order valence-corrected chi connectivity index (χ3v) is 5.80. The van der Waals surface area contributed by atoms with Crippen molar-refractivity contribution in [2.75, 3.05) is 6.54 Å². The number of hydrogen-bond donors (Lipinski definition) is 2. The minimum absolute atomic E-state index is 0.0448. The Kier molecular flexibility index (Phi) is 5.39. The van der Waals surface area contributed by atoms with Crippen molar-refractivity contribution in [2.24, 2.45) is 5.92 Å². The van der Waals surface area contributed by atoms with E-state index in [4.69, 9.17) is 0 Å². The Hall–Kier alpha value is -3.42. The predicted molar refractivity (Wildman–Crippen MR) is 106 cm³/mol. The second-order valence-corrected chi connectivity index (χ2v) is 7.90. The molecule has 2 atom stereocenters. The van der Waals surface area contributed by atoms with Crippen molar-refractivity contribution in [2.45, 2.75) is 38.4 Å². The van der Waals surface area contributed by atoms with Crippen LogP contribution in [0.2, 0.25) is 0 Å². The third-order valence-electron chi connectivity index (χ3n) is 5.80. The van der Waals surface area contributed by atoms with Crippen LogP contribution in [0.5, 0.6) is 0 Å². The average molecular weight is 409 g/mol. The fraction of sp³-hybridized carbons (Fsp3) is 0.364. The quantitative estimate of drug-likeness (QED) is 0.413. The number of urea groups is 1. The van der Waals surface area contributed by atoms with Crippen LogP contribution in [0.3, 0.4) is 0 Å². The molecule has 1 aliphatic heterocycles. The zero-order valence-corrected chi connectivity index (χ0v) is 16.8. The number of hydrogen-bond acceptors (Lipinski definition) is 4. The van der Waals surface area contributed by atoms with Gasteiger partial charge in [0.1, 0.15) is 12.6 Å². The molecule has 30 heavy (non-hydrogen) atoms. The van der Waals surface area contributed by atoms with Crippen molar-refractivity contribution in [3.8, 4) is 0 Å². The van der Waals surface area contributed by atoms with Gasteiger partial charge in [0.05, 0.1) is 0 Å². The summed E-state index contributed by atoms with van der Waals surface area (Å²) in [6.45, 7) is 2.18. The molecule has 0 bridgehead atoms. The lowest BCUT2D eigenvalue weighted by atomic mass is 10.1. The Morgan fingerprint density at radius 3 is 2.50 bits per heavy atom. The summed E-state index contributed by atoms with van der Waals surface area (Å²) in [5.74, 6) is -0.255. The molecule has 2 unspecified atom stereocenters. The van der Waals surface area contributed by atoms with Crippen molar-refractivity contribution in [1.29, 1.82) is 0 Å². The molecule has 4 rings (SSSR count). The van der Waals surface area contributed by atoms with Crippen molar-refractivity contribution >= 4 is 17.8 Å². The smallest absolute Gasteiger partial charge is 0.325 e. The van der Waals surface area contributed by atoms with Crippen molar-refractivity contribution < 1.29 is 24.3 Å². The molecule has 8 heteroatoms. The molecule has 1 aromatic heterocycles. The van der Waals surface area contributed by atoms with Crippen LogP contribution < -0.4 is 10.0 Å². The van der Waals surface area contributed by atoms with Crippen molar-refractivity contribution in [3.63, 3.8) is 0 Å². The van der Waals surface area contributed by atoms with Gasteiger partial charge in [0.2, 0.25) is 18.3 Å². The summed E-state index contributed by atoms with van der Waals surface area (Å²) in [6.07, 6.45) is 4.93. The molecule has 1 saturated heterocycles. The number of nitrogens with zero attached hydrogens (tertiary/aromatic N) is 3. The first-order valence-corrected chi connectivity index (χ1v) is 10.1. The number of nitrogens with one attached hydrogen (secondary N) is 1. The van der Waals surface area contributed by atoms with Gasteiger partial charge in [0.25, 0.3) is 5.91 Å². The average Bonchev–Trinajstić information content (AvgIpc) is 3.56. The summed E-state index contributed by atoms with van der Waals surface area (Å²) in [7, 11) is 0. The first kappa shape index (κ1) is 19.9. The number of amides is 4. The highest BCUT2D eigenvalue weighted by molar-refractivity contribution is 6.06. The second-order valence-electron chi connectivity index (χ2n) is 7.90. The standard InChI is InChI=1S/C22H24N4O4/c1-15(17-7-8-17)25(13-16-5-3-2-4-6-16)19(27)14-26-21(28)20(23-22(26)29)18-9-11-24(30)12-10-18/h2-6,9-12,15,17,20H,7-8,13-14H2,1H3,(H-,23,29,30)/p+1. The summed E-state index contributed by atoms with van der Waals surface area (Å²) >= 11 is 0. The van der Waals surface area contributed by atoms with Gasteiger partial charge in [-0.05, 0) is 36.8 Å². The maximum atomic E-state index is 13.2. The lowest BCUT2D eigenvalue weighted by Gasteiger charge is -2.30. The molecule has 2 heterocycles. The monoisotopic (exact) mass is 409 g/mol. The Labute approximate surface area is 174 Å². The van der Waals surface area contributed by atoms with E-state index in [-0.39, 0.29) is 18.5 Å². The Bertz CT molecular complexity index is 943. The third kappa shape index (κ3) is 4.12. The Morgan fingerprint density at radius 2 is 1.87 bits per heavy atom. The fourth-order valence-corrected chi connectivity index (χ4v) is 3.82. The SMILES string of the molecule is CC(C1CC1)N(Cc1ccccc1)C(=O)CN1C(=O)NC(c2cc[n+](O)cc2)C1=O. The van der Waals surface area contributed by atoms with Gasteiger partial charge in [-0.1, -0.05) is 30.3 Å². The molecule has 4 amide bonds. The molecular formula is C22H25N4O4+. The van der Waals surface area contributed by atoms with Gasteiger partial charge in [-0.25, -0.2) is 4.79 Å². The highest BCUT2D eigenvalue weighted by Gasteiger charge is 2.42. The molecule has 2 aromatic rings. The first-order chi connectivity index (χ1) is 14.4. The fourth-order valence-electron chi connectivity index (χ4n) is 3.82. The molecule has 1 saturated carbocycles. The number of carbonyl (C=O) groups excluding carboxylic acids is 3. The maximum absolute atomic E-state index is 13.2. The van der Waals surface area contributed by atoms with Gasteiger partial charge < -0.3 is 10.2 Å². The largest absolute Gasteiger partial charge is 0.334 e. The van der Waals surface area contributed by atoms with Gasteiger partial charge >= 0.3 is 6.03 Å². The summed E-state index contributed by atoms with van der Waals surface area (Å²) in [5.41, 5.74) is 1.55. The Morgan fingerprint density at radius 1 is 1.20 bits per heavy atom. The van der Waals surface area contributed by atoms with Crippen LogP contribution in [0.1, 0.15) is 36.9 Å². The van der Waals surface area contributed by atoms with E-state index in [9.17, 15) is 19.6 Å². The molecule has 0 radical (unpaired) electrons. The highest BCUT2D eigenvalue weighted by Crippen LogP contribution is 2.36. The van der Waals surface area contributed by atoms with Crippen LogP contribution in [0.4, 0.5) is 4.79 Å². The highest BCUT2D eigenvalue weighted by atomic mass is 16.5. The van der Waals surface area contributed by atoms with Gasteiger partial charge in [-0.2, -0.15) is 0 Å². The Balaban J connectivity index is 1.49. The van der Waals surface area contributed by atoms with E-state index in [0.29, 0.717) is 18.0 Å². The van der Waals surface area contributed by atoms with E-state index < -0.39 is 18.0 Å². The molecular weight excluding hydrogens is 384 g/mol. The van der Waals surface area contributed by atoms with Crippen LogP contribution in [-0.4, -0.2) is 45.4 Å². The predicted octanol–water partition coefficient (Wildman–Crippen LogP) is 1.63. The van der Waals surface area contributed by atoms with E-state index in [1.807, 2.05) is 37.3 Å². The molecule has 0 spiro atoms. The van der Waals surface area contributed by atoms with Crippen LogP contribution >= 0.6 is 0 Å². The molecule has 1 aromatic carbocycles. The van der Waals surface area contributed by atoms with Gasteiger partial charge in [-0.15, -0.1) is 0 Å². The van der Waals surface area contributed by atoms with E-state index in [1.54, 1.807) is 17.0 Å². The van der Waals surface area contributed by atoms with E-state index in [1.165, 1.54) is 12.4 Å². The van der Waals surface area contributed by atoms with E-state index >= 15 is 0 Å². The first-order valence-electron chi connectivity index (χ1n) is 10.1. The number of imide groups is 1. The maximum Gasteiger partial charge on any atom is 0.325 e. The summed E-state index contributed by atoms with van der Waals surface area (Å²) < 4.78 is 0.854. The van der Waals surface area contributed by atoms with Gasteiger partial charge in [-0.3, -0.25) is 19.7 Å². The normalized spacial score (nSPS) is 19.5. The topological polar surface area (TPSA) is 93.8 Å². The molecule has 8 nitrogen and oxygen atoms in total. The van der Waals surface area contributed by atoms with E-state index in [2.05, 4.69) is 5.32 Å². The molecule has 1 aliphatic carbocycles. The number of aromatic nitrogens is 1. The number of pyridine rings is 1. The van der Waals surface area contributed by atoms with Gasteiger partial charge in [0.15, 0.2) is 0 Å². The number of benzene rings is 1. The molecule has 2 aliphatic rings.